The third-order valence-electron chi connectivity index (χ3n) is 3.01. The van der Waals surface area contributed by atoms with E-state index in [1.807, 2.05) is 4.90 Å². The minimum Gasteiger partial charge on any atom is -0.470 e. The Balaban J connectivity index is 2.21. The molecule has 1 aliphatic heterocycles. The van der Waals surface area contributed by atoms with Crippen molar-refractivity contribution in [1.29, 1.82) is 0 Å². The first-order chi connectivity index (χ1) is 8.89. The maximum absolute atomic E-state index is 11.0. The second kappa shape index (κ2) is 5.13. The first-order valence-electron chi connectivity index (χ1n) is 6.03. The van der Waals surface area contributed by atoms with Crippen LogP contribution in [0.5, 0.6) is 0 Å². The Morgan fingerprint density at radius 2 is 2.16 bits per heavy atom. The Morgan fingerprint density at radius 1 is 1.47 bits per heavy atom. The summed E-state index contributed by atoms with van der Waals surface area (Å²) < 4.78 is 5.47. The first kappa shape index (κ1) is 13.7. The van der Waals surface area contributed by atoms with Gasteiger partial charge in [-0.1, -0.05) is 32.0 Å². The molecule has 19 heavy (non-hydrogen) atoms. The molecule has 1 heterocycles. The minimum absolute atomic E-state index is 0.00807. The maximum atomic E-state index is 11.0. The van der Waals surface area contributed by atoms with Gasteiger partial charge < -0.3 is 9.64 Å². The van der Waals surface area contributed by atoms with Crippen LogP contribution in [0, 0.1) is 15.5 Å². The molecule has 102 valence electrons. The number of hydrogen-bond acceptors (Lipinski definition) is 4. The van der Waals surface area contributed by atoms with Crippen molar-refractivity contribution in [1.82, 2.24) is 4.90 Å². The van der Waals surface area contributed by atoms with Crippen LogP contribution in [0.15, 0.2) is 24.3 Å². The third kappa shape index (κ3) is 3.20. The van der Waals surface area contributed by atoms with Crippen molar-refractivity contribution >= 4 is 23.1 Å². The van der Waals surface area contributed by atoms with Crippen molar-refractivity contribution in [2.75, 3.05) is 13.2 Å². The molecule has 0 N–H and O–H groups in total. The summed E-state index contributed by atoms with van der Waals surface area (Å²) >= 11 is 5.17. The topological polar surface area (TPSA) is 55.6 Å². The van der Waals surface area contributed by atoms with Gasteiger partial charge in [-0.25, -0.2) is 0 Å². The smallest absolute Gasteiger partial charge is 0.274 e. The Labute approximate surface area is 117 Å². The lowest BCUT2D eigenvalue weighted by molar-refractivity contribution is -0.385. The predicted molar refractivity (Wildman–Crippen MR) is 75.8 cm³/mol. The Morgan fingerprint density at radius 3 is 2.84 bits per heavy atom. The van der Waals surface area contributed by atoms with Gasteiger partial charge in [-0.2, -0.15) is 0 Å². The van der Waals surface area contributed by atoms with Crippen LogP contribution in [0.25, 0.3) is 0 Å². The molecule has 1 aliphatic rings. The van der Waals surface area contributed by atoms with Crippen LogP contribution in [0.1, 0.15) is 19.4 Å². The van der Waals surface area contributed by atoms with E-state index in [9.17, 15) is 10.1 Å². The minimum atomic E-state index is -0.367. The lowest BCUT2D eigenvalue weighted by Gasteiger charge is -2.39. The van der Waals surface area contributed by atoms with Gasteiger partial charge in [0.2, 0.25) is 0 Å². The first-order valence-corrected chi connectivity index (χ1v) is 6.44. The number of benzene rings is 1. The molecule has 1 aromatic carbocycles. The Hall–Kier alpha value is -1.69. The molecular formula is C13H16N2O3S. The van der Waals surface area contributed by atoms with Crippen LogP contribution in [0.2, 0.25) is 0 Å². The zero-order valence-electron chi connectivity index (χ0n) is 11.0. The summed E-state index contributed by atoms with van der Waals surface area (Å²) in [7, 11) is 0. The number of hydrogen-bond donors (Lipinski definition) is 0. The average Bonchev–Trinajstić information content (AvgIpc) is 2.34. The standard InChI is InChI=1S/C13H16N2O3S/c1-13(2)8-14(12(19)18-9-13)7-10-5-3-4-6-11(10)15(16)17/h3-6H,7-9H2,1-2H3. The monoisotopic (exact) mass is 280 g/mol. The molecule has 0 spiro atoms. The summed E-state index contributed by atoms with van der Waals surface area (Å²) in [5.41, 5.74) is 0.760. The molecule has 1 aromatic rings. The molecule has 0 radical (unpaired) electrons. The fraction of sp³-hybridized carbons (Fsp3) is 0.462. The molecule has 0 aromatic heterocycles. The van der Waals surface area contributed by atoms with Gasteiger partial charge in [-0.05, 0) is 12.2 Å². The summed E-state index contributed by atoms with van der Waals surface area (Å²) in [5, 5.41) is 11.4. The van der Waals surface area contributed by atoms with Crippen molar-refractivity contribution in [3.8, 4) is 0 Å². The van der Waals surface area contributed by atoms with Gasteiger partial charge in [0, 0.05) is 23.6 Å². The molecule has 6 heteroatoms. The number of nitro benzene ring substituents is 1. The molecule has 0 aliphatic carbocycles. The van der Waals surface area contributed by atoms with Crippen LogP contribution in [-0.2, 0) is 11.3 Å². The highest BCUT2D eigenvalue weighted by Gasteiger charge is 2.31. The molecule has 0 saturated carbocycles. The van der Waals surface area contributed by atoms with Crippen LogP contribution >= 0.6 is 12.2 Å². The SMILES string of the molecule is CC1(C)COC(=S)N(Cc2ccccc2[N+](=O)[O-])C1. The van der Waals surface area contributed by atoms with Crippen molar-refractivity contribution in [3.05, 3.63) is 39.9 Å². The number of thiocarbonyl (C=S) groups is 1. The van der Waals surface area contributed by atoms with Gasteiger partial charge in [0.25, 0.3) is 10.9 Å². The largest absolute Gasteiger partial charge is 0.470 e. The number of nitrogens with zero attached hydrogens (tertiary/aromatic N) is 2. The maximum Gasteiger partial charge on any atom is 0.274 e. The third-order valence-corrected chi connectivity index (χ3v) is 3.39. The zero-order valence-corrected chi connectivity index (χ0v) is 11.8. The summed E-state index contributed by atoms with van der Waals surface area (Å²) in [6, 6.07) is 6.72. The van der Waals surface area contributed by atoms with Gasteiger partial charge in [-0.3, -0.25) is 10.1 Å². The van der Waals surface area contributed by atoms with Crippen LogP contribution in [-0.4, -0.2) is 28.1 Å². The van der Waals surface area contributed by atoms with Gasteiger partial charge in [0.05, 0.1) is 18.1 Å². The molecule has 2 rings (SSSR count). The summed E-state index contributed by atoms with van der Waals surface area (Å²) in [5.74, 6) is 0. The predicted octanol–water partition coefficient (Wildman–Crippen LogP) is 2.74. The fourth-order valence-electron chi connectivity index (χ4n) is 2.12. The van der Waals surface area contributed by atoms with E-state index in [-0.39, 0.29) is 16.0 Å². The van der Waals surface area contributed by atoms with Crippen molar-refractivity contribution in [2.24, 2.45) is 5.41 Å². The van der Waals surface area contributed by atoms with Crippen LogP contribution in [0.4, 0.5) is 5.69 Å². The number of rotatable bonds is 3. The van der Waals surface area contributed by atoms with E-state index in [2.05, 4.69) is 13.8 Å². The molecule has 1 fully saturated rings. The van der Waals surface area contributed by atoms with Crippen LogP contribution < -0.4 is 0 Å². The molecular weight excluding hydrogens is 264 g/mol. The highest BCUT2D eigenvalue weighted by molar-refractivity contribution is 7.80. The average molecular weight is 280 g/mol. The molecule has 0 atom stereocenters. The van der Waals surface area contributed by atoms with Crippen molar-refractivity contribution < 1.29 is 9.66 Å². The van der Waals surface area contributed by atoms with Crippen LogP contribution in [0.3, 0.4) is 0 Å². The van der Waals surface area contributed by atoms with Crippen molar-refractivity contribution in [2.45, 2.75) is 20.4 Å². The highest BCUT2D eigenvalue weighted by atomic mass is 32.1. The van der Waals surface area contributed by atoms with E-state index in [1.165, 1.54) is 6.07 Å². The number of ether oxygens (including phenoxy) is 1. The molecule has 1 saturated heterocycles. The molecule has 5 nitrogen and oxygen atoms in total. The lowest BCUT2D eigenvalue weighted by Crippen LogP contribution is -2.46. The highest BCUT2D eigenvalue weighted by Crippen LogP contribution is 2.27. The Bertz CT molecular complexity index is 516. The summed E-state index contributed by atoms with van der Waals surface area (Å²) in [4.78, 5) is 12.5. The van der Waals surface area contributed by atoms with Crippen molar-refractivity contribution in [3.63, 3.8) is 0 Å². The van der Waals surface area contributed by atoms with Gasteiger partial charge in [-0.15, -0.1) is 0 Å². The quantitative estimate of drug-likeness (QED) is 0.484. The molecule has 0 bridgehead atoms. The van der Waals surface area contributed by atoms with E-state index in [1.54, 1.807) is 18.2 Å². The molecule has 0 amide bonds. The van der Waals surface area contributed by atoms with E-state index < -0.39 is 0 Å². The zero-order chi connectivity index (χ0) is 14.0. The van der Waals surface area contributed by atoms with E-state index in [0.29, 0.717) is 23.9 Å². The van der Waals surface area contributed by atoms with E-state index >= 15 is 0 Å². The second-order valence-electron chi connectivity index (χ2n) is 5.46. The normalized spacial score (nSPS) is 18.0. The van der Waals surface area contributed by atoms with E-state index in [4.69, 9.17) is 17.0 Å². The Kier molecular flexibility index (Phi) is 3.71. The van der Waals surface area contributed by atoms with Gasteiger partial charge in [0.1, 0.15) is 0 Å². The fourth-order valence-corrected chi connectivity index (χ4v) is 2.31. The lowest BCUT2D eigenvalue weighted by atomic mass is 9.93. The molecule has 0 unspecified atom stereocenters. The number of para-hydroxylation sites is 1. The van der Waals surface area contributed by atoms with Gasteiger partial charge in [0.15, 0.2) is 0 Å². The summed E-state index contributed by atoms with van der Waals surface area (Å²) in [6.07, 6.45) is 0. The second-order valence-corrected chi connectivity index (χ2v) is 5.81. The van der Waals surface area contributed by atoms with Gasteiger partial charge >= 0.3 is 0 Å². The van der Waals surface area contributed by atoms with E-state index in [0.717, 1.165) is 6.54 Å². The number of nitro groups is 1. The summed E-state index contributed by atoms with van der Waals surface area (Å²) in [6.45, 7) is 5.89.